The second-order valence-electron chi connectivity index (χ2n) is 6.39. The lowest BCUT2D eigenvalue weighted by Gasteiger charge is -2.32. The van der Waals surface area contributed by atoms with Crippen molar-refractivity contribution < 1.29 is 19.1 Å². The Balaban J connectivity index is 1.59. The van der Waals surface area contributed by atoms with Crippen LogP contribution in [0.2, 0.25) is 0 Å². The van der Waals surface area contributed by atoms with Gasteiger partial charge in [-0.15, -0.1) is 0 Å². The third-order valence-electron chi connectivity index (χ3n) is 4.63. The number of ether oxygens (including phenoxy) is 2. The number of hydrogen-bond donors (Lipinski definition) is 0. The fourth-order valence-electron chi connectivity index (χ4n) is 3.17. The zero-order chi connectivity index (χ0) is 18.5. The Kier molecular flexibility index (Phi) is 5.56. The predicted octanol–water partition coefficient (Wildman–Crippen LogP) is 3.58. The van der Waals surface area contributed by atoms with E-state index in [1.54, 1.807) is 36.3 Å². The van der Waals surface area contributed by atoms with Crippen LogP contribution in [0.25, 0.3) is 0 Å². The van der Waals surface area contributed by atoms with E-state index < -0.39 is 0 Å². The molecule has 0 unspecified atom stereocenters. The van der Waals surface area contributed by atoms with Crippen molar-refractivity contribution in [2.75, 3.05) is 20.2 Å². The van der Waals surface area contributed by atoms with Gasteiger partial charge in [0.15, 0.2) is 5.78 Å². The third kappa shape index (κ3) is 4.04. The molecule has 3 rings (SSSR count). The number of amides is 1. The largest absolute Gasteiger partial charge is 0.497 e. The van der Waals surface area contributed by atoms with Gasteiger partial charge in [-0.2, -0.15) is 0 Å². The molecule has 0 aliphatic carbocycles. The molecule has 0 radical (unpaired) electrons. The van der Waals surface area contributed by atoms with Crippen molar-refractivity contribution in [2.45, 2.75) is 25.9 Å². The maximum Gasteiger partial charge on any atom is 0.254 e. The lowest BCUT2D eigenvalue weighted by molar-refractivity contribution is 0.0592. The van der Waals surface area contributed by atoms with Gasteiger partial charge in [0.1, 0.15) is 17.6 Å². The highest BCUT2D eigenvalue weighted by Crippen LogP contribution is 2.23. The van der Waals surface area contributed by atoms with Gasteiger partial charge < -0.3 is 14.4 Å². The average Bonchev–Trinajstić information content (AvgIpc) is 2.68. The van der Waals surface area contributed by atoms with E-state index in [-0.39, 0.29) is 17.8 Å². The number of carbonyl (C=O) groups is 2. The highest BCUT2D eigenvalue weighted by molar-refractivity contribution is 6.07. The number of methoxy groups -OCH3 is 1. The van der Waals surface area contributed by atoms with E-state index in [1.807, 2.05) is 24.3 Å². The quantitative estimate of drug-likeness (QED) is 0.771. The first-order valence-corrected chi connectivity index (χ1v) is 8.78. The minimum Gasteiger partial charge on any atom is -0.497 e. The van der Waals surface area contributed by atoms with Crippen molar-refractivity contribution in [1.82, 2.24) is 4.90 Å². The van der Waals surface area contributed by atoms with Crippen LogP contribution >= 0.6 is 0 Å². The van der Waals surface area contributed by atoms with Gasteiger partial charge in [0.25, 0.3) is 5.91 Å². The normalized spacial score (nSPS) is 14.8. The molecule has 1 saturated heterocycles. The van der Waals surface area contributed by atoms with E-state index >= 15 is 0 Å². The first-order valence-electron chi connectivity index (χ1n) is 8.78. The second-order valence-corrected chi connectivity index (χ2v) is 6.39. The number of hydrogen-bond acceptors (Lipinski definition) is 4. The summed E-state index contributed by atoms with van der Waals surface area (Å²) in [6.45, 7) is 2.72. The molecule has 0 bridgehead atoms. The van der Waals surface area contributed by atoms with E-state index in [2.05, 4.69) is 0 Å². The van der Waals surface area contributed by atoms with Crippen LogP contribution in [0.5, 0.6) is 11.5 Å². The maximum atomic E-state index is 12.8. The predicted molar refractivity (Wildman–Crippen MR) is 99.0 cm³/mol. The summed E-state index contributed by atoms with van der Waals surface area (Å²) in [5.41, 5.74) is 0.962. The van der Waals surface area contributed by atoms with Crippen molar-refractivity contribution in [1.29, 1.82) is 0 Å². The molecule has 0 saturated carbocycles. The first kappa shape index (κ1) is 18.0. The number of carbonyl (C=O) groups excluding carboxylic acids is 2. The third-order valence-corrected chi connectivity index (χ3v) is 4.63. The summed E-state index contributed by atoms with van der Waals surface area (Å²) in [6, 6.07) is 14.5. The number of piperidine rings is 1. The first-order chi connectivity index (χ1) is 12.6. The molecule has 5 heteroatoms. The van der Waals surface area contributed by atoms with E-state index in [9.17, 15) is 9.59 Å². The standard InChI is InChI=1S/C21H23NO4/c1-15(23)19-5-3-4-6-20(19)21(24)22-13-11-18(12-14-22)26-17-9-7-16(25-2)8-10-17/h3-10,18H,11-14H2,1-2H3. The molecule has 0 aromatic heterocycles. The highest BCUT2D eigenvalue weighted by Gasteiger charge is 2.26. The van der Waals surface area contributed by atoms with Gasteiger partial charge in [0, 0.05) is 31.5 Å². The molecule has 0 atom stereocenters. The van der Waals surface area contributed by atoms with Gasteiger partial charge in [-0.1, -0.05) is 18.2 Å². The smallest absolute Gasteiger partial charge is 0.254 e. The monoisotopic (exact) mass is 353 g/mol. The Bertz CT molecular complexity index is 777. The van der Waals surface area contributed by atoms with Gasteiger partial charge in [0.2, 0.25) is 0 Å². The number of Topliss-reactive ketones (excluding diaryl/α,β-unsaturated/α-hetero) is 1. The van der Waals surface area contributed by atoms with E-state index in [4.69, 9.17) is 9.47 Å². The van der Waals surface area contributed by atoms with Gasteiger partial charge in [-0.05, 0) is 37.3 Å². The van der Waals surface area contributed by atoms with Crippen LogP contribution < -0.4 is 9.47 Å². The summed E-state index contributed by atoms with van der Waals surface area (Å²) < 4.78 is 11.1. The molecule has 2 aromatic carbocycles. The Hall–Kier alpha value is -2.82. The molecule has 1 heterocycles. The molecule has 5 nitrogen and oxygen atoms in total. The Labute approximate surface area is 153 Å². The topological polar surface area (TPSA) is 55.8 Å². The molecule has 1 amide bonds. The number of likely N-dealkylation sites (tertiary alicyclic amines) is 1. The van der Waals surface area contributed by atoms with E-state index in [0.717, 1.165) is 24.3 Å². The zero-order valence-electron chi connectivity index (χ0n) is 15.1. The summed E-state index contributed by atoms with van der Waals surface area (Å²) in [4.78, 5) is 26.3. The van der Waals surface area contributed by atoms with Crippen LogP contribution in [0.4, 0.5) is 0 Å². The van der Waals surface area contributed by atoms with E-state index in [1.165, 1.54) is 6.92 Å². The van der Waals surface area contributed by atoms with Crippen LogP contribution in [0.1, 0.15) is 40.5 Å². The van der Waals surface area contributed by atoms with E-state index in [0.29, 0.717) is 24.2 Å². The van der Waals surface area contributed by atoms with Gasteiger partial charge >= 0.3 is 0 Å². The van der Waals surface area contributed by atoms with Crippen LogP contribution in [0, 0.1) is 0 Å². The molecule has 136 valence electrons. The fourth-order valence-corrected chi connectivity index (χ4v) is 3.17. The minimum atomic E-state index is -0.0910. The minimum absolute atomic E-state index is 0.0792. The molecule has 1 aliphatic heterocycles. The van der Waals surface area contributed by atoms with Gasteiger partial charge in [-0.3, -0.25) is 9.59 Å². The zero-order valence-corrected chi connectivity index (χ0v) is 15.1. The summed E-state index contributed by atoms with van der Waals surface area (Å²) in [7, 11) is 1.63. The van der Waals surface area contributed by atoms with Crippen molar-refractivity contribution in [3.8, 4) is 11.5 Å². The molecule has 2 aromatic rings. The number of benzene rings is 2. The van der Waals surface area contributed by atoms with Gasteiger partial charge in [-0.25, -0.2) is 0 Å². The van der Waals surface area contributed by atoms with Gasteiger partial charge in [0.05, 0.1) is 12.7 Å². The number of rotatable bonds is 5. The number of ketones is 1. The van der Waals surface area contributed by atoms with Crippen LogP contribution in [-0.4, -0.2) is 42.9 Å². The summed E-state index contributed by atoms with van der Waals surface area (Å²) in [5.74, 6) is 1.42. The summed E-state index contributed by atoms with van der Waals surface area (Å²) in [5, 5.41) is 0. The molecular weight excluding hydrogens is 330 g/mol. The fraction of sp³-hybridized carbons (Fsp3) is 0.333. The van der Waals surface area contributed by atoms with Crippen LogP contribution in [0.3, 0.4) is 0 Å². The SMILES string of the molecule is COc1ccc(OC2CCN(C(=O)c3ccccc3C(C)=O)CC2)cc1. The van der Waals surface area contributed by atoms with Crippen LogP contribution in [-0.2, 0) is 0 Å². The van der Waals surface area contributed by atoms with Crippen molar-refractivity contribution in [3.05, 3.63) is 59.7 Å². The highest BCUT2D eigenvalue weighted by atomic mass is 16.5. The molecule has 26 heavy (non-hydrogen) atoms. The lowest BCUT2D eigenvalue weighted by Crippen LogP contribution is -2.42. The summed E-state index contributed by atoms with van der Waals surface area (Å²) >= 11 is 0. The molecule has 0 spiro atoms. The van der Waals surface area contributed by atoms with Crippen molar-refractivity contribution in [3.63, 3.8) is 0 Å². The lowest BCUT2D eigenvalue weighted by atomic mass is 10.0. The van der Waals surface area contributed by atoms with Crippen molar-refractivity contribution in [2.24, 2.45) is 0 Å². The van der Waals surface area contributed by atoms with Crippen LogP contribution in [0.15, 0.2) is 48.5 Å². The molecular formula is C21H23NO4. The Morgan fingerprint density at radius 3 is 2.08 bits per heavy atom. The maximum absolute atomic E-state index is 12.8. The molecule has 0 N–H and O–H groups in total. The Morgan fingerprint density at radius 1 is 0.923 bits per heavy atom. The number of nitrogens with zero attached hydrogens (tertiary/aromatic N) is 1. The summed E-state index contributed by atoms with van der Waals surface area (Å²) in [6.07, 6.45) is 1.61. The second kappa shape index (κ2) is 8.04. The average molecular weight is 353 g/mol. The molecule has 1 aliphatic rings. The molecule has 1 fully saturated rings. The van der Waals surface area contributed by atoms with Crippen molar-refractivity contribution >= 4 is 11.7 Å². The Morgan fingerprint density at radius 2 is 1.50 bits per heavy atom.